The SMILES string of the molecule is NC(=O)c1cccc(N2CC(c3ccc(Cl)cc3Oc3cccc(F)c3)CC2=O)c1. The molecule has 3 aromatic carbocycles. The van der Waals surface area contributed by atoms with Gasteiger partial charge in [0.1, 0.15) is 17.3 Å². The minimum atomic E-state index is -0.552. The largest absolute Gasteiger partial charge is 0.457 e. The minimum Gasteiger partial charge on any atom is -0.457 e. The van der Waals surface area contributed by atoms with Crippen LogP contribution < -0.4 is 15.4 Å². The average Bonchev–Trinajstić information content (AvgIpc) is 3.09. The maximum atomic E-state index is 13.5. The zero-order valence-electron chi connectivity index (χ0n) is 15.8. The van der Waals surface area contributed by atoms with Crippen LogP contribution in [0.4, 0.5) is 10.1 Å². The Morgan fingerprint density at radius 2 is 1.90 bits per heavy atom. The Kier molecular flexibility index (Phi) is 5.42. The van der Waals surface area contributed by atoms with E-state index in [-0.39, 0.29) is 18.2 Å². The molecule has 2 amide bonds. The van der Waals surface area contributed by atoms with E-state index in [1.807, 2.05) is 6.07 Å². The Morgan fingerprint density at radius 1 is 1.10 bits per heavy atom. The molecule has 1 saturated heterocycles. The number of benzene rings is 3. The lowest BCUT2D eigenvalue weighted by Gasteiger charge is -2.19. The van der Waals surface area contributed by atoms with Crippen LogP contribution in [-0.4, -0.2) is 18.4 Å². The topological polar surface area (TPSA) is 72.6 Å². The second-order valence-corrected chi connectivity index (χ2v) is 7.50. The second kappa shape index (κ2) is 8.16. The van der Waals surface area contributed by atoms with Crippen LogP contribution in [0, 0.1) is 5.82 Å². The monoisotopic (exact) mass is 424 g/mol. The van der Waals surface area contributed by atoms with Crippen LogP contribution in [0.15, 0.2) is 66.7 Å². The number of hydrogen-bond acceptors (Lipinski definition) is 3. The molecule has 2 N–H and O–H groups in total. The molecule has 4 rings (SSSR count). The Bertz CT molecular complexity index is 1130. The molecule has 0 saturated carbocycles. The normalized spacial score (nSPS) is 16.0. The van der Waals surface area contributed by atoms with Crippen molar-refractivity contribution in [3.05, 3.63) is 88.7 Å². The average molecular weight is 425 g/mol. The fourth-order valence-corrected chi connectivity index (χ4v) is 3.75. The van der Waals surface area contributed by atoms with Crippen LogP contribution >= 0.6 is 11.6 Å². The second-order valence-electron chi connectivity index (χ2n) is 7.06. The van der Waals surface area contributed by atoms with E-state index in [0.29, 0.717) is 34.3 Å². The molecule has 152 valence electrons. The van der Waals surface area contributed by atoms with E-state index >= 15 is 0 Å². The molecule has 0 radical (unpaired) electrons. The smallest absolute Gasteiger partial charge is 0.248 e. The summed E-state index contributed by atoms with van der Waals surface area (Å²) in [5.41, 5.74) is 7.10. The first-order valence-corrected chi connectivity index (χ1v) is 9.71. The molecule has 0 aliphatic carbocycles. The molecule has 0 aromatic heterocycles. The highest BCUT2D eigenvalue weighted by Crippen LogP contribution is 2.39. The molecular weight excluding hydrogens is 407 g/mol. The highest BCUT2D eigenvalue weighted by atomic mass is 35.5. The summed E-state index contributed by atoms with van der Waals surface area (Å²) in [6, 6.07) is 17.7. The molecular formula is C23H18ClFN2O3. The van der Waals surface area contributed by atoms with Crippen molar-refractivity contribution in [2.75, 3.05) is 11.4 Å². The molecule has 0 spiro atoms. The third-order valence-corrected chi connectivity index (χ3v) is 5.24. The van der Waals surface area contributed by atoms with Gasteiger partial charge in [-0.2, -0.15) is 0 Å². The molecule has 5 nitrogen and oxygen atoms in total. The zero-order valence-corrected chi connectivity index (χ0v) is 16.6. The first-order valence-electron chi connectivity index (χ1n) is 9.34. The van der Waals surface area contributed by atoms with E-state index in [1.165, 1.54) is 12.1 Å². The van der Waals surface area contributed by atoms with Crippen LogP contribution in [0.5, 0.6) is 11.5 Å². The molecule has 30 heavy (non-hydrogen) atoms. The molecule has 1 atom stereocenters. The summed E-state index contributed by atoms with van der Waals surface area (Å²) in [5.74, 6) is -0.382. The summed E-state index contributed by atoms with van der Waals surface area (Å²) in [6.07, 6.45) is 0.266. The number of halogens is 2. The number of carbonyl (C=O) groups is 2. The van der Waals surface area contributed by atoms with E-state index in [4.69, 9.17) is 22.1 Å². The first kappa shape index (κ1) is 19.9. The summed E-state index contributed by atoms with van der Waals surface area (Å²) in [7, 11) is 0. The number of amides is 2. The Morgan fingerprint density at radius 3 is 2.67 bits per heavy atom. The predicted molar refractivity (Wildman–Crippen MR) is 113 cm³/mol. The molecule has 1 unspecified atom stereocenters. The molecule has 1 heterocycles. The van der Waals surface area contributed by atoms with Crippen molar-refractivity contribution in [1.29, 1.82) is 0 Å². The summed E-state index contributed by atoms with van der Waals surface area (Å²) < 4.78 is 19.4. The maximum Gasteiger partial charge on any atom is 0.248 e. The van der Waals surface area contributed by atoms with Crippen molar-refractivity contribution in [2.45, 2.75) is 12.3 Å². The molecule has 0 bridgehead atoms. The summed E-state index contributed by atoms with van der Waals surface area (Å²) in [5, 5.41) is 0.473. The fourth-order valence-electron chi connectivity index (χ4n) is 3.58. The van der Waals surface area contributed by atoms with E-state index in [0.717, 1.165) is 5.56 Å². The number of primary amides is 1. The summed E-state index contributed by atoms with van der Waals surface area (Å²) in [4.78, 5) is 25.8. The van der Waals surface area contributed by atoms with Gasteiger partial charge in [0.25, 0.3) is 0 Å². The summed E-state index contributed by atoms with van der Waals surface area (Å²) >= 11 is 6.15. The van der Waals surface area contributed by atoms with Gasteiger partial charge in [0.2, 0.25) is 11.8 Å². The lowest BCUT2D eigenvalue weighted by molar-refractivity contribution is -0.117. The van der Waals surface area contributed by atoms with E-state index in [9.17, 15) is 14.0 Å². The van der Waals surface area contributed by atoms with Crippen LogP contribution in [0.1, 0.15) is 28.3 Å². The lowest BCUT2D eigenvalue weighted by Crippen LogP contribution is -2.24. The summed E-state index contributed by atoms with van der Waals surface area (Å²) in [6.45, 7) is 0.405. The van der Waals surface area contributed by atoms with Crippen LogP contribution in [0.25, 0.3) is 0 Å². The minimum absolute atomic E-state index is 0.0757. The van der Waals surface area contributed by atoms with Crippen molar-refractivity contribution in [3.8, 4) is 11.5 Å². The van der Waals surface area contributed by atoms with Gasteiger partial charge < -0.3 is 15.4 Å². The Balaban J connectivity index is 1.63. The Hall–Kier alpha value is -3.38. The molecule has 1 aliphatic heterocycles. The maximum absolute atomic E-state index is 13.5. The van der Waals surface area contributed by atoms with Gasteiger partial charge in [-0.3, -0.25) is 9.59 Å². The van der Waals surface area contributed by atoms with Crippen LogP contribution in [-0.2, 0) is 4.79 Å². The van der Waals surface area contributed by atoms with Gasteiger partial charge >= 0.3 is 0 Å². The van der Waals surface area contributed by atoms with E-state index in [2.05, 4.69) is 0 Å². The van der Waals surface area contributed by atoms with Crippen LogP contribution in [0.3, 0.4) is 0 Å². The molecule has 7 heteroatoms. The highest BCUT2D eigenvalue weighted by molar-refractivity contribution is 6.30. The van der Waals surface area contributed by atoms with Gasteiger partial charge in [-0.15, -0.1) is 0 Å². The number of rotatable bonds is 5. The number of hydrogen-bond donors (Lipinski definition) is 1. The fraction of sp³-hybridized carbons (Fsp3) is 0.130. The van der Waals surface area contributed by atoms with Crippen LogP contribution in [0.2, 0.25) is 5.02 Å². The Labute approximate surface area is 177 Å². The third-order valence-electron chi connectivity index (χ3n) is 5.01. The van der Waals surface area contributed by atoms with Gasteiger partial charge in [0.05, 0.1) is 0 Å². The predicted octanol–water partition coefficient (Wildman–Crippen LogP) is 4.89. The van der Waals surface area contributed by atoms with Gasteiger partial charge in [0.15, 0.2) is 0 Å². The number of carbonyl (C=O) groups excluding carboxylic acids is 2. The first-order chi connectivity index (χ1) is 14.4. The van der Waals surface area contributed by atoms with Gasteiger partial charge in [-0.25, -0.2) is 4.39 Å². The van der Waals surface area contributed by atoms with Crippen molar-refractivity contribution >= 4 is 29.1 Å². The lowest BCUT2D eigenvalue weighted by atomic mass is 9.97. The van der Waals surface area contributed by atoms with E-state index < -0.39 is 11.7 Å². The van der Waals surface area contributed by atoms with Crippen molar-refractivity contribution in [2.24, 2.45) is 5.73 Å². The number of nitrogens with two attached hydrogens (primary N) is 1. The molecule has 3 aromatic rings. The highest BCUT2D eigenvalue weighted by Gasteiger charge is 2.33. The standard InChI is InChI=1S/C23H18ClFN2O3/c24-16-7-8-20(21(11-16)30-19-6-2-4-17(25)12-19)15-10-22(28)27(13-15)18-5-1-3-14(9-18)23(26)29/h1-9,11-12,15H,10,13H2,(H2,26,29). The third kappa shape index (κ3) is 4.14. The number of anilines is 1. The van der Waals surface area contributed by atoms with Crippen molar-refractivity contribution in [1.82, 2.24) is 0 Å². The van der Waals surface area contributed by atoms with Crippen molar-refractivity contribution < 1.29 is 18.7 Å². The zero-order chi connectivity index (χ0) is 21.3. The molecule has 1 aliphatic rings. The van der Waals surface area contributed by atoms with E-state index in [1.54, 1.807) is 53.4 Å². The number of ether oxygens (including phenoxy) is 1. The molecule has 1 fully saturated rings. The van der Waals surface area contributed by atoms with Gasteiger partial charge in [0, 0.05) is 46.8 Å². The van der Waals surface area contributed by atoms with Crippen molar-refractivity contribution in [3.63, 3.8) is 0 Å². The van der Waals surface area contributed by atoms with Gasteiger partial charge in [-0.05, 0) is 42.5 Å². The quantitative estimate of drug-likeness (QED) is 0.633. The van der Waals surface area contributed by atoms with Gasteiger partial charge in [-0.1, -0.05) is 29.8 Å². The number of nitrogens with zero attached hydrogens (tertiary/aromatic N) is 1.